The van der Waals surface area contributed by atoms with Crippen LogP contribution in [0.15, 0.2) is 0 Å². The number of aldehydes is 1. The molecule has 1 atom stereocenters. The van der Waals surface area contributed by atoms with E-state index in [9.17, 15) is 19.2 Å². The van der Waals surface area contributed by atoms with Gasteiger partial charge in [0.1, 0.15) is 6.29 Å². The van der Waals surface area contributed by atoms with Crippen LogP contribution >= 0.6 is 0 Å². The summed E-state index contributed by atoms with van der Waals surface area (Å²) in [7, 11) is 0. The summed E-state index contributed by atoms with van der Waals surface area (Å²) >= 11 is 0. The normalized spacial score (nSPS) is 10.6. The van der Waals surface area contributed by atoms with Crippen molar-refractivity contribution in [2.75, 3.05) is 0 Å². The first-order valence-electron chi connectivity index (χ1n) is 4.59. The molecule has 0 aromatic heterocycles. The van der Waals surface area contributed by atoms with Gasteiger partial charge >= 0.3 is 17.9 Å². The van der Waals surface area contributed by atoms with E-state index < -0.39 is 24.0 Å². The third-order valence-corrected chi connectivity index (χ3v) is 1.39. The largest absolute Gasteiger partial charge is 0.481 e. The van der Waals surface area contributed by atoms with Gasteiger partial charge in [0.15, 0.2) is 6.10 Å². The van der Waals surface area contributed by atoms with E-state index >= 15 is 0 Å². The van der Waals surface area contributed by atoms with Crippen molar-refractivity contribution in [3.8, 4) is 0 Å². The summed E-state index contributed by atoms with van der Waals surface area (Å²) in [6, 6.07) is 0. The summed E-state index contributed by atoms with van der Waals surface area (Å²) in [5.74, 6) is -3.42. The van der Waals surface area contributed by atoms with Crippen LogP contribution in [0.2, 0.25) is 0 Å². The molecule has 0 amide bonds. The lowest BCUT2D eigenvalue weighted by molar-refractivity contribution is -0.147. The predicted octanol–water partition coefficient (Wildman–Crippen LogP) is -0.653. The first-order chi connectivity index (χ1) is 7.81. The zero-order valence-electron chi connectivity index (χ0n) is 8.90. The zero-order chi connectivity index (χ0) is 13.8. The van der Waals surface area contributed by atoms with Crippen LogP contribution in [0.25, 0.3) is 0 Å². The second-order valence-electron chi connectivity index (χ2n) is 2.89. The molecule has 0 aliphatic heterocycles. The van der Waals surface area contributed by atoms with Crippen molar-refractivity contribution < 1.29 is 39.6 Å². The molecule has 8 nitrogen and oxygen atoms in total. The maximum absolute atomic E-state index is 9.87. The molecule has 0 spiro atoms. The zero-order valence-corrected chi connectivity index (χ0v) is 8.90. The Hall–Kier alpha value is -1.96. The van der Waals surface area contributed by atoms with Crippen molar-refractivity contribution in [1.82, 2.24) is 0 Å². The molecule has 4 N–H and O–H groups in total. The molecule has 8 heteroatoms. The Labute approximate surface area is 96.5 Å². The highest BCUT2D eigenvalue weighted by atomic mass is 16.4. The summed E-state index contributed by atoms with van der Waals surface area (Å²) in [4.78, 5) is 38.7. The van der Waals surface area contributed by atoms with Gasteiger partial charge in [-0.3, -0.25) is 9.59 Å². The maximum Gasteiger partial charge on any atom is 0.332 e. The molecule has 0 rings (SSSR count). The standard InChI is InChI=1S/C5H8O5.C4H6O3/c6-3(5(9)10)1-2-4(7)8;5-3-1-2-4(6)7/h3,6H,1-2H2,(H,7,8)(H,9,10);3H,1-2H2,(H,6,7)/t3-;/m1./s1. The van der Waals surface area contributed by atoms with Crippen molar-refractivity contribution in [1.29, 1.82) is 0 Å². The molecular weight excluding hydrogens is 236 g/mol. The predicted molar refractivity (Wildman–Crippen MR) is 53.4 cm³/mol. The van der Waals surface area contributed by atoms with Gasteiger partial charge in [-0.05, 0) is 6.42 Å². The van der Waals surface area contributed by atoms with E-state index in [0.29, 0.717) is 6.29 Å². The molecule has 0 radical (unpaired) electrons. The Balaban J connectivity index is 0. The summed E-state index contributed by atoms with van der Waals surface area (Å²) < 4.78 is 0. The number of carbonyl (C=O) groups excluding carboxylic acids is 1. The monoisotopic (exact) mass is 250 g/mol. The maximum atomic E-state index is 9.87. The molecule has 0 aromatic carbocycles. The number of rotatable bonds is 7. The minimum absolute atomic E-state index is 0.0521. The van der Waals surface area contributed by atoms with Gasteiger partial charge in [-0.2, -0.15) is 0 Å². The molecule has 0 fully saturated rings. The van der Waals surface area contributed by atoms with Crippen LogP contribution in [0.1, 0.15) is 25.7 Å². The number of aliphatic hydroxyl groups is 1. The smallest absolute Gasteiger partial charge is 0.332 e. The SMILES string of the molecule is O=C(O)CC[C@@H](O)C(=O)O.O=CCCC(=O)O. The lowest BCUT2D eigenvalue weighted by Gasteiger charge is -2.00. The minimum atomic E-state index is -1.56. The highest BCUT2D eigenvalue weighted by molar-refractivity contribution is 5.73. The summed E-state index contributed by atoms with van der Waals surface area (Å²) in [6.45, 7) is 0. The molecule has 0 heterocycles. The van der Waals surface area contributed by atoms with Crippen LogP contribution in [0.5, 0.6) is 0 Å². The number of carboxylic acids is 3. The molecule has 98 valence electrons. The molecule has 0 aliphatic carbocycles. The third-order valence-electron chi connectivity index (χ3n) is 1.39. The lowest BCUT2D eigenvalue weighted by atomic mass is 10.2. The van der Waals surface area contributed by atoms with Crippen LogP contribution < -0.4 is 0 Å². The second-order valence-corrected chi connectivity index (χ2v) is 2.89. The first kappa shape index (κ1) is 17.4. The van der Waals surface area contributed by atoms with Gasteiger partial charge in [0, 0.05) is 12.8 Å². The number of carboxylic acid groups (broad SMARTS) is 3. The van der Waals surface area contributed by atoms with E-state index in [1.54, 1.807) is 0 Å². The van der Waals surface area contributed by atoms with Gasteiger partial charge in [-0.25, -0.2) is 4.79 Å². The van der Waals surface area contributed by atoms with E-state index in [1.807, 2.05) is 0 Å². The fraction of sp³-hybridized carbons (Fsp3) is 0.556. The van der Waals surface area contributed by atoms with Crippen LogP contribution in [0.3, 0.4) is 0 Å². The molecule has 0 unspecified atom stereocenters. The fourth-order valence-electron chi connectivity index (χ4n) is 0.566. The van der Waals surface area contributed by atoms with Gasteiger partial charge < -0.3 is 25.2 Å². The summed E-state index contributed by atoms with van der Waals surface area (Å²) in [5, 5.41) is 32.5. The van der Waals surface area contributed by atoms with Gasteiger partial charge in [-0.15, -0.1) is 0 Å². The van der Waals surface area contributed by atoms with Gasteiger partial charge in [0.25, 0.3) is 0 Å². The van der Waals surface area contributed by atoms with Gasteiger partial charge in [0.2, 0.25) is 0 Å². The molecule has 0 saturated carbocycles. The molecule has 17 heavy (non-hydrogen) atoms. The van der Waals surface area contributed by atoms with Crippen molar-refractivity contribution in [2.24, 2.45) is 0 Å². The molecule has 0 aliphatic rings. The Kier molecular flexibility index (Phi) is 10.8. The first-order valence-corrected chi connectivity index (χ1v) is 4.59. The molecule has 0 saturated heterocycles. The summed E-state index contributed by atoms with van der Waals surface area (Å²) in [5.41, 5.74) is 0. The van der Waals surface area contributed by atoms with E-state index in [0.717, 1.165) is 0 Å². The van der Waals surface area contributed by atoms with E-state index in [1.165, 1.54) is 0 Å². The van der Waals surface area contributed by atoms with Crippen LogP contribution in [0.4, 0.5) is 0 Å². The number of aliphatic hydroxyl groups excluding tert-OH is 1. The number of hydrogen-bond donors (Lipinski definition) is 4. The van der Waals surface area contributed by atoms with E-state index in [-0.39, 0.29) is 25.7 Å². The van der Waals surface area contributed by atoms with E-state index in [4.69, 9.17) is 20.4 Å². The fourth-order valence-corrected chi connectivity index (χ4v) is 0.566. The second kappa shape index (κ2) is 10.6. The van der Waals surface area contributed by atoms with Crippen LogP contribution in [-0.2, 0) is 19.2 Å². The van der Waals surface area contributed by atoms with Gasteiger partial charge in [0.05, 0.1) is 6.42 Å². The number of aliphatic carboxylic acids is 3. The molecular formula is C9H14O8. The quantitative estimate of drug-likeness (QED) is 0.435. The van der Waals surface area contributed by atoms with Crippen molar-refractivity contribution in [3.05, 3.63) is 0 Å². The highest BCUT2D eigenvalue weighted by Gasteiger charge is 2.13. The summed E-state index contributed by atoms with van der Waals surface area (Å²) in [6.07, 6.45) is -1.47. The Morgan fingerprint density at radius 3 is 1.71 bits per heavy atom. The third kappa shape index (κ3) is 16.7. The Morgan fingerprint density at radius 1 is 1.00 bits per heavy atom. The van der Waals surface area contributed by atoms with Crippen molar-refractivity contribution in [2.45, 2.75) is 31.8 Å². The van der Waals surface area contributed by atoms with Crippen LogP contribution in [0, 0.1) is 0 Å². The van der Waals surface area contributed by atoms with Crippen molar-refractivity contribution in [3.63, 3.8) is 0 Å². The average molecular weight is 250 g/mol. The van der Waals surface area contributed by atoms with E-state index in [2.05, 4.69) is 0 Å². The number of hydrogen-bond acceptors (Lipinski definition) is 5. The van der Waals surface area contributed by atoms with Crippen molar-refractivity contribution >= 4 is 24.2 Å². The lowest BCUT2D eigenvalue weighted by Crippen LogP contribution is -2.20. The van der Waals surface area contributed by atoms with Crippen LogP contribution in [-0.4, -0.2) is 50.7 Å². The Bertz CT molecular complexity index is 272. The average Bonchev–Trinajstić information content (AvgIpc) is 2.23. The highest BCUT2D eigenvalue weighted by Crippen LogP contribution is 1.95. The Morgan fingerprint density at radius 2 is 1.47 bits per heavy atom. The molecule has 0 bridgehead atoms. The number of carbonyl (C=O) groups is 4. The minimum Gasteiger partial charge on any atom is -0.481 e. The topological polar surface area (TPSA) is 149 Å². The van der Waals surface area contributed by atoms with Gasteiger partial charge in [-0.1, -0.05) is 0 Å². The molecule has 0 aromatic rings.